The molecule has 1 aliphatic rings. The number of aromatic hydroxyl groups is 1. The Balaban J connectivity index is 1.94. The maximum atomic E-state index is 9.24. The number of phenolic OH excluding ortho intramolecular Hbond substituents is 1. The van der Waals surface area contributed by atoms with Crippen LogP contribution in [-0.2, 0) is 0 Å². The third kappa shape index (κ3) is 2.00. The highest BCUT2D eigenvalue weighted by molar-refractivity contribution is 5.53. The second kappa shape index (κ2) is 3.91. The van der Waals surface area contributed by atoms with Crippen molar-refractivity contribution in [2.24, 2.45) is 5.92 Å². The molecule has 2 N–H and O–H groups in total. The third-order valence-electron chi connectivity index (χ3n) is 3.02. The van der Waals surface area contributed by atoms with Crippen LogP contribution >= 0.6 is 0 Å². The predicted molar refractivity (Wildman–Crippen MR) is 58.7 cm³/mol. The molecule has 0 radical (unpaired) electrons. The van der Waals surface area contributed by atoms with E-state index in [0.29, 0.717) is 5.75 Å². The van der Waals surface area contributed by atoms with Gasteiger partial charge >= 0.3 is 0 Å². The molecule has 76 valence electrons. The van der Waals surface area contributed by atoms with Crippen molar-refractivity contribution in [2.45, 2.75) is 26.2 Å². The van der Waals surface area contributed by atoms with Crippen molar-refractivity contribution in [3.8, 4) is 5.75 Å². The monoisotopic (exact) mass is 191 g/mol. The van der Waals surface area contributed by atoms with Gasteiger partial charge in [0, 0.05) is 12.2 Å². The molecule has 1 fully saturated rings. The molecule has 0 atom stereocenters. The van der Waals surface area contributed by atoms with Crippen LogP contribution in [0.5, 0.6) is 5.75 Å². The van der Waals surface area contributed by atoms with Crippen LogP contribution in [0.2, 0.25) is 0 Å². The number of hydrogen-bond acceptors (Lipinski definition) is 2. The van der Waals surface area contributed by atoms with E-state index in [1.807, 2.05) is 13.0 Å². The molecule has 0 spiro atoms. The standard InChI is InChI=1S/C12H17NO/c1-9-7-11(14)5-6-12(9)13-8-10-3-2-4-10/h5-7,10,13-14H,2-4,8H2,1H3. The van der Waals surface area contributed by atoms with Gasteiger partial charge in [0.25, 0.3) is 0 Å². The van der Waals surface area contributed by atoms with Crippen LogP contribution in [0.3, 0.4) is 0 Å². The molecular weight excluding hydrogens is 174 g/mol. The number of rotatable bonds is 3. The van der Waals surface area contributed by atoms with E-state index in [9.17, 15) is 5.11 Å². The summed E-state index contributed by atoms with van der Waals surface area (Å²) >= 11 is 0. The summed E-state index contributed by atoms with van der Waals surface area (Å²) < 4.78 is 0. The van der Waals surface area contributed by atoms with Crippen LogP contribution in [0, 0.1) is 12.8 Å². The minimum absolute atomic E-state index is 0.344. The average molecular weight is 191 g/mol. The lowest BCUT2D eigenvalue weighted by atomic mass is 9.85. The molecule has 0 heterocycles. The molecule has 1 aromatic rings. The van der Waals surface area contributed by atoms with Crippen LogP contribution in [0.15, 0.2) is 18.2 Å². The molecule has 0 bridgehead atoms. The van der Waals surface area contributed by atoms with Crippen molar-refractivity contribution in [2.75, 3.05) is 11.9 Å². The average Bonchev–Trinajstić information content (AvgIpc) is 2.05. The van der Waals surface area contributed by atoms with Gasteiger partial charge < -0.3 is 10.4 Å². The van der Waals surface area contributed by atoms with Gasteiger partial charge in [0.1, 0.15) is 5.75 Å². The fraction of sp³-hybridized carbons (Fsp3) is 0.500. The third-order valence-corrected chi connectivity index (χ3v) is 3.02. The van der Waals surface area contributed by atoms with Gasteiger partial charge in [-0.15, -0.1) is 0 Å². The zero-order valence-corrected chi connectivity index (χ0v) is 8.59. The topological polar surface area (TPSA) is 32.3 Å². The van der Waals surface area contributed by atoms with E-state index in [0.717, 1.165) is 23.7 Å². The molecule has 14 heavy (non-hydrogen) atoms. The summed E-state index contributed by atoms with van der Waals surface area (Å²) in [4.78, 5) is 0. The van der Waals surface area contributed by atoms with Gasteiger partial charge in [0.05, 0.1) is 0 Å². The summed E-state index contributed by atoms with van der Waals surface area (Å²) in [5, 5.41) is 12.7. The first-order valence-corrected chi connectivity index (χ1v) is 5.29. The summed E-state index contributed by atoms with van der Waals surface area (Å²) in [5.74, 6) is 1.21. The normalized spacial score (nSPS) is 16.4. The number of anilines is 1. The molecule has 1 saturated carbocycles. The Bertz CT molecular complexity index is 318. The van der Waals surface area contributed by atoms with E-state index >= 15 is 0 Å². The minimum atomic E-state index is 0.344. The van der Waals surface area contributed by atoms with Gasteiger partial charge in [-0.3, -0.25) is 0 Å². The number of benzene rings is 1. The Kier molecular flexibility index (Phi) is 2.62. The summed E-state index contributed by atoms with van der Waals surface area (Å²) in [6, 6.07) is 5.47. The Labute approximate surface area is 85.0 Å². The summed E-state index contributed by atoms with van der Waals surface area (Å²) in [6.45, 7) is 3.09. The fourth-order valence-electron chi connectivity index (χ4n) is 1.80. The second-order valence-corrected chi connectivity index (χ2v) is 4.18. The highest BCUT2D eigenvalue weighted by atomic mass is 16.3. The number of hydrogen-bond donors (Lipinski definition) is 2. The maximum absolute atomic E-state index is 9.24. The molecule has 0 amide bonds. The van der Waals surface area contributed by atoms with Gasteiger partial charge in [-0.1, -0.05) is 6.42 Å². The van der Waals surface area contributed by atoms with E-state index < -0.39 is 0 Å². The molecule has 0 saturated heterocycles. The van der Waals surface area contributed by atoms with Crippen molar-refractivity contribution in [1.29, 1.82) is 0 Å². The predicted octanol–water partition coefficient (Wildman–Crippen LogP) is 2.91. The Morgan fingerprint density at radius 2 is 2.21 bits per heavy atom. The number of aryl methyl sites for hydroxylation is 1. The zero-order valence-electron chi connectivity index (χ0n) is 8.59. The quantitative estimate of drug-likeness (QED) is 0.720. The van der Waals surface area contributed by atoms with Crippen LogP contribution < -0.4 is 5.32 Å². The molecular formula is C12H17NO. The van der Waals surface area contributed by atoms with E-state index in [1.165, 1.54) is 19.3 Å². The molecule has 1 aromatic carbocycles. The van der Waals surface area contributed by atoms with E-state index in [1.54, 1.807) is 12.1 Å². The van der Waals surface area contributed by atoms with Crippen molar-refractivity contribution in [3.63, 3.8) is 0 Å². The SMILES string of the molecule is Cc1cc(O)ccc1NCC1CCC1. The molecule has 2 nitrogen and oxygen atoms in total. The number of phenols is 1. The lowest BCUT2D eigenvalue weighted by molar-refractivity contribution is 0.333. The van der Waals surface area contributed by atoms with Crippen LogP contribution in [0.25, 0.3) is 0 Å². The summed E-state index contributed by atoms with van der Waals surface area (Å²) in [7, 11) is 0. The van der Waals surface area contributed by atoms with E-state index in [-0.39, 0.29) is 0 Å². The first-order chi connectivity index (χ1) is 6.75. The molecule has 2 rings (SSSR count). The van der Waals surface area contributed by atoms with Crippen LogP contribution in [0.4, 0.5) is 5.69 Å². The molecule has 2 heteroatoms. The maximum Gasteiger partial charge on any atom is 0.115 e. The van der Waals surface area contributed by atoms with Gasteiger partial charge in [0.15, 0.2) is 0 Å². The van der Waals surface area contributed by atoms with Crippen molar-refractivity contribution < 1.29 is 5.11 Å². The molecule has 0 aromatic heterocycles. The molecule has 0 unspecified atom stereocenters. The minimum Gasteiger partial charge on any atom is -0.508 e. The first kappa shape index (κ1) is 9.38. The molecule has 1 aliphatic carbocycles. The highest BCUT2D eigenvalue weighted by Crippen LogP contribution is 2.27. The van der Waals surface area contributed by atoms with E-state index in [2.05, 4.69) is 5.32 Å². The van der Waals surface area contributed by atoms with Crippen LogP contribution in [0.1, 0.15) is 24.8 Å². The summed E-state index contributed by atoms with van der Waals surface area (Å²) in [6.07, 6.45) is 4.12. The van der Waals surface area contributed by atoms with Gasteiger partial charge in [-0.2, -0.15) is 0 Å². The highest BCUT2D eigenvalue weighted by Gasteiger charge is 2.16. The van der Waals surface area contributed by atoms with Crippen LogP contribution in [-0.4, -0.2) is 11.7 Å². The lowest BCUT2D eigenvalue weighted by Crippen LogP contribution is -2.21. The summed E-state index contributed by atoms with van der Waals surface area (Å²) in [5.41, 5.74) is 2.26. The first-order valence-electron chi connectivity index (χ1n) is 5.29. The fourth-order valence-corrected chi connectivity index (χ4v) is 1.80. The van der Waals surface area contributed by atoms with Crippen molar-refractivity contribution in [1.82, 2.24) is 0 Å². The van der Waals surface area contributed by atoms with E-state index in [4.69, 9.17) is 0 Å². The van der Waals surface area contributed by atoms with Gasteiger partial charge in [-0.25, -0.2) is 0 Å². The Hall–Kier alpha value is -1.18. The van der Waals surface area contributed by atoms with Crippen molar-refractivity contribution in [3.05, 3.63) is 23.8 Å². The number of nitrogens with one attached hydrogen (secondary N) is 1. The largest absolute Gasteiger partial charge is 0.508 e. The van der Waals surface area contributed by atoms with Crippen molar-refractivity contribution >= 4 is 5.69 Å². The zero-order chi connectivity index (χ0) is 9.97. The smallest absolute Gasteiger partial charge is 0.115 e. The lowest BCUT2D eigenvalue weighted by Gasteiger charge is -2.26. The second-order valence-electron chi connectivity index (χ2n) is 4.18. The van der Waals surface area contributed by atoms with Gasteiger partial charge in [0.2, 0.25) is 0 Å². The van der Waals surface area contributed by atoms with Gasteiger partial charge in [-0.05, 0) is 49.4 Å². The Morgan fingerprint density at radius 1 is 1.43 bits per heavy atom. The molecule has 0 aliphatic heterocycles. The Morgan fingerprint density at radius 3 is 2.79 bits per heavy atom.